The van der Waals surface area contributed by atoms with E-state index in [4.69, 9.17) is 5.73 Å². The van der Waals surface area contributed by atoms with E-state index in [0.717, 1.165) is 13.0 Å². The van der Waals surface area contributed by atoms with E-state index in [9.17, 15) is 5.11 Å². The van der Waals surface area contributed by atoms with Gasteiger partial charge in [-0.25, -0.2) is 0 Å². The molecule has 2 rings (SSSR count). The van der Waals surface area contributed by atoms with Gasteiger partial charge in [0, 0.05) is 24.8 Å². The van der Waals surface area contributed by atoms with Crippen LogP contribution in [0.4, 0.5) is 5.69 Å². The van der Waals surface area contributed by atoms with Crippen LogP contribution in [0.3, 0.4) is 0 Å². The summed E-state index contributed by atoms with van der Waals surface area (Å²) in [6.45, 7) is 5.25. The third-order valence-corrected chi connectivity index (χ3v) is 4.00. The van der Waals surface area contributed by atoms with Crippen LogP contribution in [0.1, 0.15) is 32.3 Å². The van der Waals surface area contributed by atoms with E-state index in [1.165, 1.54) is 17.7 Å². The van der Waals surface area contributed by atoms with Crippen molar-refractivity contribution in [1.29, 1.82) is 0 Å². The van der Waals surface area contributed by atoms with Gasteiger partial charge in [0.1, 0.15) is 0 Å². The Kier molecular flexibility index (Phi) is 3.93. The molecule has 0 spiro atoms. The molecular weight excluding hydrogens is 224 g/mol. The number of benzene rings is 1. The van der Waals surface area contributed by atoms with Gasteiger partial charge < -0.3 is 15.7 Å². The molecule has 3 N–H and O–H groups in total. The predicted molar refractivity (Wildman–Crippen MR) is 75.9 cm³/mol. The lowest BCUT2D eigenvalue weighted by molar-refractivity contribution is 0.0615. The number of hydrogen-bond donors (Lipinski definition) is 2. The maximum atomic E-state index is 10.0. The van der Waals surface area contributed by atoms with Crippen molar-refractivity contribution in [3.05, 3.63) is 29.8 Å². The Bertz CT molecular complexity index is 403. The van der Waals surface area contributed by atoms with Crippen LogP contribution in [0.15, 0.2) is 24.3 Å². The number of nitrogens with zero attached hydrogens (tertiary/aromatic N) is 1. The summed E-state index contributed by atoms with van der Waals surface area (Å²) < 4.78 is 0. The SMILES string of the molecule is CC1CCc2ccccc2N1CCC(C)(O)CN. The molecule has 3 heteroatoms. The summed E-state index contributed by atoms with van der Waals surface area (Å²) in [6.07, 6.45) is 3.05. The minimum Gasteiger partial charge on any atom is -0.389 e. The smallest absolute Gasteiger partial charge is 0.0758 e. The first-order chi connectivity index (χ1) is 8.53. The van der Waals surface area contributed by atoms with E-state index in [1.807, 2.05) is 6.92 Å². The lowest BCUT2D eigenvalue weighted by atomic mass is 9.95. The summed E-state index contributed by atoms with van der Waals surface area (Å²) in [5, 5.41) is 10.0. The van der Waals surface area contributed by atoms with Gasteiger partial charge in [-0.1, -0.05) is 18.2 Å². The third kappa shape index (κ3) is 2.85. The molecule has 100 valence electrons. The summed E-state index contributed by atoms with van der Waals surface area (Å²) in [7, 11) is 0. The summed E-state index contributed by atoms with van der Waals surface area (Å²) in [4.78, 5) is 2.41. The second kappa shape index (κ2) is 5.29. The van der Waals surface area contributed by atoms with Crippen LogP contribution in [0.2, 0.25) is 0 Å². The largest absolute Gasteiger partial charge is 0.389 e. The number of aliphatic hydroxyl groups is 1. The molecular formula is C15H24N2O. The average Bonchev–Trinajstić information content (AvgIpc) is 2.37. The highest BCUT2D eigenvalue weighted by Crippen LogP contribution is 2.30. The van der Waals surface area contributed by atoms with Gasteiger partial charge >= 0.3 is 0 Å². The number of fused-ring (bicyclic) bond motifs is 1. The van der Waals surface area contributed by atoms with Gasteiger partial charge in [0.2, 0.25) is 0 Å². The number of aryl methyl sites for hydroxylation is 1. The van der Waals surface area contributed by atoms with Crippen LogP contribution in [0.5, 0.6) is 0 Å². The van der Waals surface area contributed by atoms with E-state index < -0.39 is 5.60 Å². The lowest BCUT2D eigenvalue weighted by Crippen LogP contribution is -2.43. The zero-order chi connectivity index (χ0) is 13.2. The van der Waals surface area contributed by atoms with Crippen molar-refractivity contribution in [3.8, 4) is 0 Å². The minimum absolute atomic E-state index is 0.316. The number of nitrogens with two attached hydrogens (primary N) is 1. The molecule has 0 aromatic heterocycles. The van der Waals surface area contributed by atoms with Gasteiger partial charge in [0.25, 0.3) is 0 Å². The summed E-state index contributed by atoms with van der Waals surface area (Å²) in [6, 6.07) is 9.11. The van der Waals surface area contributed by atoms with Crippen LogP contribution in [0.25, 0.3) is 0 Å². The quantitative estimate of drug-likeness (QED) is 0.856. The first-order valence-corrected chi connectivity index (χ1v) is 6.80. The van der Waals surface area contributed by atoms with Crippen molar-refractivity contribution in [2.75, 3.05) is 18.0 Å². The zero-order valence-corrected chi connectivity index (χ0v) is 11.4. The number of rotatable bonds is 4. The second-order valence-corrected chi connectivity index (χ2v) is 5.66. The van der Waals surface area contributed by atoms with Crippen LogP contribution in [-0.2, 0) is 6.42 Å². The van der Waals surface area contributed by atoms with Gasteiger partial charge in [-0.2, -0.15) is 0 Å². The Labute approximate surface area is 110 Å². The van der Waals surface area contributed by atoms with Gasteiger partial charge in [-0.05, 0) is 44.7 Å². The number of para-hydroxylation sites is 1. The number of hydrogen-bond acceptors (Lipinski definition) is 3. The Morgan fingerprint density at radius 2 is 2.17 bits per heavy atom. The van der Waals surface area contributed by atoms with E-state index in [2.05, 4.69) is 36.1 Å². The lowest BCUT2D eigenvalue weighted by Gasteiger charge is -2.38. The van der Waals surface area contributed by atoms with Crippen molar-refractivity contribution < 1.29 is 5.11 Å². The maximum absolute atomic E-state index is 10.0. The van der Waals surface area contributed by atoms with Gasteiger partial charge in [-0.15, -0.1) is 0 Å². The van der Waals surface area contributed by atoms with Gasteiger partial charge in [0.15, 0.2) is 0 Å². The Morgan fingerprint density at radius 1 is 1.44 bits per heavy atom. The molecule has 3 nitrogen and oxygen atoms in total. The molecule has 0 fully saturated rings. The molecule has 1 aromatic carbocycles. The topological polar surface area (TPSA) is 49.5 Å². The molecule has 18 heavy (non-hydrogen) atoms. The second-order valence-electron chi connectivity index (χ2n) is 5.66. The maximum Gasteiger partial charge on any atom is 0.0758 e. The molecule has 1 aliphatic heterocycles. The Morgan fingerprint density at radius 3 is 2.89 bits per heavy atom. The van der Waals surface area contributed by atoms with E-state index in [0.29, 0.717) is 19.0 Å². The molecule has 0 bridgehead atoms. The van der Waals surface area contributed by atoms with Crippen molar-refractivity contribution in [3.63, 3.8) is 0 Å². The molecule has 0 saturated heterocycles. The highest BCUT2D eigenvalue weighted by Gasteiger charge is 2.25. The van der Waals surface area contributed by atoms with Gasteiger partial charge in [0.05, 0.1) is 5.60 Å². The first-order valence-electron chi connectivity index (χ1n) is 6.80. The molecule has 2 unspecified atom stereocenters. The monoisotopic (exact) mass is 248 g/mol. The van der Waals surface area contributed by atoms with Crippen LogP contribution < -0.4 is 10.6 Å². The molecule has 0 aliphatic carbocycles. The fourth-order valence-electron chi connectivity index (χ4n) is 2.56. The van der Waals surface area contributed by atoms with Crippen molar-refractivity contribution >= 4 is 5.69 Å². The average molecular weight is 248 g/mol. The molecule has 2 atom stereocenters. The summed E-state index contributed by atoms with van der Waals surface area (Å²) in [5.74, 6) is 0. The van der Waals surface area contributed by atoms with Crippen LogP contribution in [0, 0.1) is 0 Å². The number of anilines is 1. The standard InChI is InChI=1S/C15H24N2O/c1-12-7-8-13-5-3-4-6-14(13)17(12)10-9-15(2,18)11-16/h3-6,12,18H,7-11,16H2,1-2H3. The van der Waals surface area contributed by atoms with Crippen molar-refractivity contribution in [2.45, 2.75) is 44.8 Å². The third-order valence-electron chi connectivity index (χ3n) is 4.00. The fourth-order valence-corrected chi connectivity index (χ4v) is 2.56. The Hall–Kier alpha value is -1.06. The highest BCUT2D eigenvalue weighted by molar-refractivity contribution is 5.56. The minimum atomic E-state index is -0.758. The zero-order valence-electron chi connectivity index (χ0n) is 11.4. The van der Waals surface area contributed by atoms with E-state index in [1.54, 1.807) is 0 Å². The summed E-state index contributed by atoms with van der Waals surface area (Å²) in [5.41, 5.74) is 7.57. The predicted octanol–water partition coefficient (Wildman–Crippen LogP) is 1.93. The van der Waals surface area contributed by atoms with Crippen LogP contribution >= 0.6 is 0 Å². The van der Waals surface area contributed by atoms with Crippen molar-refractivity contribution in [2.24, 2.45) is 5.73 Å². The van der Waals surface area contributed by atoms with Crippen molar-refractivity contribution in [1.82, 2.24) is 0 Å². The fraction of sp³-hybridized carbons (Fsp3) is 0.600. The van der Waals surface area contributed by atoms with Crippen LogP contribution in [-0.4, -0.2) is 29.8 Å². The molecule has 1 aliphatic rings. The summed E-state index contributed by atoms with van der Waals surface area (Å²) >= 11 is 0. The molecule has 0 amide bonds. The van der Waals surface area contributed by atoms with Gasteiger partial charge in [-0.3, -0.25) is 0 Å². The van der Waals surface area contributed by atoms with E-state index in [-0.39, 0.29) is 0 Å². The molecule has 1 aromatic rings. The first kappa shape index (κ1) is 13.4. The molecule has 0 saturated carbocycles. The molecule has 1 heterocycles. The highest BCUT2D eigenvalue weighted by atomic mass is 16.3. The molecule has 0 radical (unpaired) electrons. The normalized spacial score (nSPS) is 22.4. The Balaban J connectivity index is 2.12. The van der Waals surface area contributed by atoms with E-state index >= 15 is 0 Å².